The first kappa shape index (κ1) is 15.0. The number of hydrogen-bond donors (Lipinski definition) is 1. The van der Waals surface area contributed by atoms with E-state index in [2.05, 4.69) is 10.1 Å². The third-order valence-corrected chi connectivity index (χ3v) is 3.93. The lowest BCUT2D eigenvalue weighted by molar-refractivity contribution is -0.137. The molecule has 4 rings (SSSR count). The summed E-state index contributed by atoms with van der Waals surface area (Å²) in [6, 6.07) is 7.58. The van der Waals surface area contributed by atoms with E-state index < -0.39 is 18.1 Å². The lowest BCUT2D eigenvalue weighted by Crippen LogP contribution is -2.24. The number of hydrogen-bond acceptors (Lipinski definition) is 4. The molecule has 1 N–H and O–H groups in total. The zero-order chi connectivity index (χ0) is 17.6. The number of rotatable bonds is 3. The molecule has 124 valence electrons. The van der Waals surface area contributed by atoms with Gasteiger partial charge in [-0.05, 0) is 23.8 Å². The summed E-state index contributed by atoms with van der Waals surface area (Å²) in [6.07, 6.45) is 4.41. The number of fused-ring (bicyclic) bond motifs is 3. The van der Waals surface area contributed by atoms with E-state index in [1.54, 1.807) is 24.4 Å². The van der Waals surface area contributed by atoms with Crippen LogP contribution in [0.5, 0.6) is 0 Å². The van der Waals surface area contributed by atoms with Gasteiger partial charge in [-0.15, -0.1) is 0 Å². The number of aromatic nitrogens is 4. The molecule has 0 atom stereocenters. The van der Waals surface area contributed by atoms with E-state index in [1.165, 1.54) is 29.0 Å². The van der Waals surface area contributed by atoms with E-state index >= 15 is 0 Å². The molecule has 0 saturated heterocycles. The van der Waals surface area contributed by atoms with E-state index in [1.807, 2.05) is 0 Å². The van der Waals surface area contributed by atoms with Gasteiger partial charge in [-0.25, -0.2) is 13.9 Å². The lowest BCUT2D eigenvalue weighted by atomic mass is 10.1. The average Bonchev–Trinajstić information content (AvgIpc) is 3.02. The van der Waals surface area contributed by atoms with Crippen molar-refractivity contribution in [3.63, 3.8) is 0 Å². The Bertz CT molecular complexity index is 1180. The fraction of sp³-hybridized carbons (Fsp3) is 0.0588. The van der Waals surface area contributed by atoms with Crippen LogP contribution in [-0.2, 0) is 11.3 Å². The average molecular weight is 338 g/mol. The summed E-state index contributed by atoms with van der Waals surface area (Å²) in [5, 5.41) is 13.4. The second kappa shape index (κ2) is 5.52. The summed E-state index contributed by atoms with van der Waals surface area (Å²) < 4.78 is 15.7. The molecule has 3 heterocycles. The number of carboxylic acids is 1. The first-order valence-corrected chi connectivity index (χ1v) is 7.38. The van der Waals surface area contributed by atoms with Gasteiger partial charge < -0.3 is 9.67 Å². The molecule has 1 aromatic carbocycles. The van der Waals surface area contributed by atoms with Gasteiger partial charge in [0, 0.05) is 18.0 Å². The van der Waals surface area contributed by atoms with Gasteiger partial charge >= 0.3 is 5.97 Å². The molecule has 0 radical (unpaired) electrons. The highest BCUT2D eigenvalue weighted by molar-refractivity contribution is 5.85. The van der Waals surface area contributed by atoms with Gasteiger partial charge in [0.1, 0.15) is 12.4 Å². The van der Waals surface area contributed by atoms with Crippen molar-refractivity contribution in [3.05, 3.63) is 65.1 Å². The van der Waals surface area contributed by atoms with Crippen molar-refractivity contribution >= 4 is 22.5 Å². The number of carbonyl (C=O) groups is 1. The summed E-state index contributed by atoms with van der Waals surface area (Å²) in [7, 11) is 0. The highest BCUT2D eigenvalue weighted by atomic mass is 19.1. The van der Waals surface area contributed by atoms with Gasteiger partial charge in [0.15, 0.2) is 5.65 Å². The molecule has 0 saturated carbocycles. The van der Waals surface area contributed by atoms with E-state index in [0.29, 0.717) is 16.7 Å². The molecule has 4 aromatic rings. The fourth-order valence-electron chi connectivity index (χ4n) is 2.76. The van der Waals surface area contributed by atoms with Crippen molar-refractivity contribution in [3.8, 4) is 11.1 Å². The van der Waals surface area contributed by atoms with Crippen molar-refractivity contribution in [1.29, 1.82) is 0 Å². The van der Waals surface area contributed by atoms with Gasteiger partial charge in [0.25, 0.3) is 5.56 Å². The van der Waals surface area contributed by atoms with E-state index in [0.717, 1.165) is 10.1 Å². The van der Waals surface area contributed by atoms with Crippen molar-refractivity contribution in [2.75, 3.05) is 0 Å². The quantitative estimate of drug-likeness (QED) is 0.616. The minimum absolute atomic E-state index is 0.269. The predicted octanol–water partition coefficient (Wildman–Crippen LogP) is 1.93. The topological polar surface area (TPSA) is 89.5 Å². The van der Waals surface area contributed by atoms with Crippen molar-refractivity contribution < 1.29 is 14.3 Å². The Labute approximate surface area is 139 Å². The summed E-state index contributed by atoms with van der Waals surface area (Å²) in [5.41, 5.74) is 2.05. The van der Waals surface area contributed by atoms with Gasteiger partial charge in [-0.2, -0.15) is 5.10 Å². The maximum Gasteiger partial charge on any atom is 0.323 e. The number of nitrogens with zero attached hydrogens (tertiary/aromatic N) is 4. The van der Waals surface area contributed by atoms with Crippen LogP contribution in [0.3, 0.4) is 0 Å². The lowest BCUT2D eigenvalue weighted by Gasteiger charge is -2.06. The van der Waals surface area contributed by atoms with E-state index in [4.69, 9.17) is 5.11 Å². The van der Waals surface area contributed by atoms with Gasteiger partial charge in [-0.3, -0.25) is 9.59 Å². The van der Waals surface area contributed by atoms with E-state index in [-0.39, 0.29) is 11.2 Å². The summed E-state index contributed by atoms with van der Waals surface area (Å²) in [4.78, 5) is 27.5. The zero-order valence-electron chi connectivity index (χ0n) is 12.8. The van der Waals surface area contributed by atoms with E-state index in [9.17, 15) is 14.0 Å². The van der Waals surface area contributed by atoms with Gasteiger partial charge in [0.05, 0.1) is 17.1 Å². The van der Waals surface area contributed by atoms with Crippen LogP contribution in [0, 0.1) is 5.82 Å². The maximum atomic E-state index is 13.1. The first-order valence-electron chi connectivity index (χ1n) is 7.38. The van der Waals surface area contributed by atoms with Crippen LogP contribution in [0.2, 0.25) is 0 Å². The maximum absolute atomic E-state index is 13.1. The Morgan fingerprint density at radius 2 is 1.92 bits per heavy atom. The second-order valence-corrected chi connectivity index (χ2v) is 5.50. The molecule has 0 fully saturated rings. The normalized spacial score (nSPS) is 11.2. The molecule has 0 aliphatic heterocycles. The Morgan fingerprint density at radius 1 is 1.16 bits per heavy atom. The number of carboxylic acid groups (broad SMARTS) is 1. The largest absolute Gasteiger partial charge is 0.480 e. The third kappa shape index (κ3) is 2.44. The minimum Gasteiger partial charge on any atom is -0.480 e. The third-order valence-electron chi connectivity index (χ3n) is 3.93. The van der Waals surface area contributed by atoms with Crippen LogP contribution in [0.25, 0.3) is 27.7 Å². The SMILES string of the molecule is O=C(O)Cn1ccc2c(cnc3c(-c4ccc(F)cc4)cnn32)c1=O. The van der Waals surface area contributed by atoms with Crippen molar-refractivity contribution in [1.82, 2.24) is 19.2 Å². The molecule has 0 amide bonds. The van der Waals surface area contributed by atoms with Crippen LogP contribution in [0.15, 0.2) is 53.7 Å². The molecule has 8 heteroatoms. The number of benzene rings is 1. The Morgan fingerprint density at radius 3 is 2.64 bits per heavy atom. The summed E-state index contributed by atoms with van der Waals surface area (Å²) >= 11 is 0. The molecule has 0 bridgehead atoms. The van der Waals surface area contributed by atoms with Crippen molar-refractivity contribution in [2.45, 2.75) is 6.54 Å². The monoisotopic (exact) mass is 338 g/mol. The molecular weight excluding hydrogens is 327 g/mol. The molecule has 0 spiro atoms. The van der Waals surface area contributed by atoms with Crippen LogP contribution in [0.4, 0.5) is 4.39 Å². The number of aliphatic carboxylic acids is 1. The highest BCUT2D eigenvalue weighted by Gasteiger charge is 2.13. The van der Waals surface area contributed by atoms with Gasteiger partial charge in [-0.1, -0.05) is 12.1 Å². The molecule has 3 aromatic heterocycles. The first-order chi connectivity index (χ1) is 12.0. The van der Waals surface area contributed by atoms with Crippen molar-refractivity contribution in [2.24, 2.45) is 0 Å². The second-order valence-electron chi connectivity index (χ2n) is 5.50. The molecule has 7 nitrogen and oxygen atoms in total. The Hall–Kier alpha value is -3.55. The van der Waals surface area contributed by atoms with Crippen LogP contribution < -0.4 is 5.56 Å². The summed E-state index contributed by atoms with van der Waals surface area (Å²) in [6.45, 7) is -0.424. The Balaban J connectivity index is 1.94. The molecular formula is C17H11FN4O3. The molecule has 25 heavy (non-hydrogen) atoms. The smallest absolute Gasteiger partial charge is 0.323 e. The summed E-state index contributed by atoms with van der Waals surface area (Å²) in [5.74, 6) is -1.44. The number of halogens is 1. The fourth-order valence-corrected chi connectivity index (χ4v) is 2.76. The Kier molecular flexibility index (Phi) is 3.31. The molecule has 0 aliphatic carbocycles. The minimum atomic E-state index is -1.10. The van der Waals surface area contributed by atoms with Gasteiger partial charge in [0.2, 0.25) is 0 Å². The highest BCUT2D eigenvalue weighted by Crippen LogP contribution is 2.25. The number of pyridine rings is 1. The standard InChI is InChI=1S/C17H11FN4O3/c18-11-3-1-10(2-4-11)12-8-20-22-14-5-6-21(9-15(23)24)17(25)13(14)7-19-16(12)22/h1-8H,9H2,(H,23,24). The van der Waals surface area contributed by atoms with Crippen LogP contribution >= 0.6 is 0 Å². The molecule has 0 aliphatic rings. The van der Waals surface area contributed by atoms with Crippen LogP contribution in [-0.4, -0.2) is 30.2 Å². The molecule has 0 unspecified atom stereocenters. The van der Waals surface area contributed by atoms with Crippen LogP contribution in [0.1, 0.15) is 0 Å². The zero-order valence-corrected chi connectivity index (χ0v) is 12.8. The predicted molar refractivity (Wildman–Crippen MR) is 87.8 cm³/mol.